The van der Waals surface area contributed by atoms with E-state index in [-0.39, 0.29) is 54.8 Å². The van der Waals surface area contributed by atoms with Gasteiger partial charge in [-0.1, -0.05) is 60.5 Å². The van der Waals surface area contributed by atoms with Gasteiger partial charge in [0.25, 0.3) is 5.91 Å². The van der Waals surface area contributed by atoms with Crippen LogP contribution in [-0.2, 0) is 14.6 Å². The van der Waals surface area contributed by atoms with E-state index in [0.29, 0.717) is 0 Å². The summed E-state index contributed by atoms with van der Waals surface area (Å²) < 4.78 is 31.8. The molecule has 0 unspecified atom stereocenters. The van der Waals surface area contributed by atoms with Crippen LogP contribution >= 0.6 is 23.2 Å². The minimum Gasteiger partial charge on any atom is -0.422 e. The van der Waals surface area contributed by atoms with Crippen LogP contribution in [0.1, 0.15) is 23.7 Å². The first-order chi connectivity index (χ1) is 19.6. The molecule has 3 N–H and O–H groups in total. The van der Waals surface area contributed by atoms with Crippen molar-refractivity contribution in [2.24, 2.45) is 0 Å². The second-order valence-electron chi connectivity index (χ2n) is 8.31. The lowest BCUT2D eigenvalue weighted by Crippen LogP contribution is -2.23. The first-order valence-corrected chi connectivity index (χ1v) is 14.3. The Morgan fingerprint density at radius 1 is 0.780 bits per heavy atom. The molecule has 0 bridgehead atoms. The third-order valence-corrected chi connectivity index (χ3v) is 7.89. The Morgan fingerprint density at radius 3 is 2.02 bits per heavy atom. The molecule has 0 aliphatic carbocycles. The summed E-state index contributed by atoms with van der Waals surface area (Å²) in [6.45, 7) is 1.57. The summed E-state index contributed by atoms with van der Waals surface area (Å²) in [5, 5.41) is 7.45. The molecule has 13 heteroatoms. The van der Waals surface area contributed by atoms with Gasteiger partial charge in [-0.3, -0.25) is 9.59 Å². The number of amides is 3. The van der Waals surface area contributed by atoms with Crippen molar-refractivity contribution in [1.29, 1.82) is 0 Å². The summed E-state index contributed by atoms with van der Waals surface area (Å²) in [6.07, 6.45) is 1.29. The van der Waals surface area contributed by atoms with Crippen molar-refractivity contribution in [3.8, 4) is 5.75 Å². The zero-order valence-electron chi connectivity index (χ0n) is 21.4. The topological polar surface area (TPSA) is 144 Å². The van der Waals surface area contributed by atoms with E-state index in [1.165, 1.54) is 60.8 Å². The van der Waals surface area contributed by atoms with Gasteiger partial charge < -0.3 is 20.7 Å². The second kappa shape index (κ2) is 12.8. The predicted molar refractivity (Wildman–Crippen MR) is 156 cm³/mol. The molecule has 1 aromatic heterocycles. The van der Waals surface area contributed by atoms with Crippen molar-refractivity contribution < 1.29 is 27.5 Å². The number of hydrogen-bond acceptors (Lipinski definition) is 7. The number of carbonyl (C=O) groups excluding carboxylic acids is 3. The first kappa shape index (κ1) is 29.5. The number of aromatic nitrogens is 1. The quantitative estimate of drug-likeness (QED) is 0.153. The van der Waals surface area contributed by atoms with E-state index in [1.54, 1.807) is 31.2 Å². The molecule has 4 rings (SSSR count). The van der Waals surface area contributed by atoms with Crippen LogP contribution in [0.15, 0.2) is 95.0 Å². The fourth-order valence-corrected chi connectivity index (χ4v) is 5.53. The Kier molecular flexibility index (Phi) is 9.23. The zero-order chi connectivity index (χ0) is 29.6. The van der Waals surface area contributed by atoms with E-state index < -0.39 is 27.7 Å². The van der Waals surface area contributed by atoms with Crippen LogP contribution in [0.25, 0.3) is 0 Å². The Balaban J connectivity index is 1.63. The number of benzene rings is 3. The van der Waals surface area contributed by atoms with Crippen LogP contribution in [0.4, 0.5) is 21.9 Å². The highest BCUT2D eigenvalue weighted by Gasteiger charge is 2.25. The lowest BCUT2D eigenvalue weighted by molar-refractivity contribution is -0.133. The van der Waals surface area contributed by atoms with E-state index in [1.807, 2.05) is 0 Å². The van der Waals surface area contributed by atoms with Crippen LogP contribution in [0.2, 0.25) is 10.0 Å². The molecule has 0 fully saturated rings. The number of anilines is 3. The number of urea groups is 1. The third-order valence-electron chi connectivity index (χ3n) is 5.53. The van der Waals surface area contributed by atoms with Crippen LogP contribution in [0.3, 0.4) is 0 Å². The molecule has 0 aliphatic rings. The second-order valence-corrected chi connectivity index (χ2v) is 11.0. The van der Waals surface area contributed by atoms with Gasteiger partial charge >= 0.3 is 12.0 Å². The van der Waals surface area contributed by atoms with Gasteiger partial charge in [0.2, 0.25) is 9.84 Å². The van der Waals surface area contributed by atoms with Crippen LogP contribution in [0, 0.1) is 0 Å². The van der Waals surface area contributed by atoms with Gasteiger partial charge in [0.05, 0.1) is 37.6 Å². The molecule has 10 nitrogen and oxygen atoms in total. The monoisotopic (exact) mass is 612 g/mol. The molecular formula is C28H22Cl2N4O6S. The number of para-hydroxylation sites is 1. The zero-order valence-corrected chi connectivity index (χ0v) is 23.7. The van der Waals surface area contributed by atoms with E-state index in [2.05, 4.69) is 20.9 Å². The molecule has 0 aliphatic heterocycles. The molecule has 0 saturated carbocycles. The molecular weight excluding hydrogens is 591 g/mol. The predicted octanol–water partition coefficient (Wildman–Crippen LogP) is 6.43. The Morgan fingerprint density at radius 2 is 1.37 bits per heavy atom. The maximum Gasteiger partial charge on any atom is 0.323 e. The normalized spacial score (nSPS) is 10.9. The average molecular weight is 613 g/mol. The lowest BCUT2D eigenvalue weighted by Gasteiger charge is -2.17. The highest BCUT2D eigenvalue weighted by atomic mass is 35.5. The number of nitrogens with zero attached hydrogens (tertiary/aromatic N) is 1. The first-order valence-electron chi connectivity index (χ1n) is 12.0. The highest BCUT2D eigenvalue weighted by molar-refractivity contribution is 7.91. The van der Waals surface area contributed by atoms with Crippen LogP contribution in [-0.4, -0.2) is 31.3 Å². The molecule has 210 valence electrons. The maximum atomic E-state index is 13.2. The van der Waals surface area contributed by atoms with Crippen molar-refractivity contribution in [2.75, 3.05) is 16.0 Å². The number of nitrogens with one attached hydrogen (secondary N) is 3. The fourth-order valence-electron chi connectivity index (χ4n) is 3.62. The van der Waals surface area contributed by atoms with Crippen molar-refractivity contribution >= 4 is 68.0 Å². The van der Waals surface area contributed by atoms with E-state index in [4.69, 9.17) is 27.9 Å². The van der Waals surface area contributed by atoms with Crippen molar-refractivity contribution in [1.82, 2.24) is 4.98 Å². The van der Waals surface area contributed by atoms with E-state index >= 15 is 0 Å². The van der Waals surface area contributed by atoms with Crippen LogP contribution < -0.4 is 20.7 Å². The van der Waals surface area contributed by atoms with Crippen molar-refractivity contribution in [3.05, 3.63) is 101 Å². The standard InChI is InChI=1S/C28H22Cl2N4O6S/c1-2-23(35)40-25-20(32-26(36)24-18(29)11-6-12-19(24)30)13-7-14-21(25)33-28(37)34-22-15-8-16-31-27(22)41(38,39)17-9-4-3-5-10-17/h3-16H,2H2,1H3,(H,32,36)(H2,33,34,37). The number of esters is 1. The molecule has 0 saturated heterocycles. The van der Waals surface area contributed by atoms with E-state index in [9.17, 15) is 22.8 Å². The minimum atomic E-state index is -4.06. The number of pyridine rings is 1. The van der Waals surface area contributed by atoms with Crippen molar-refractivity contribution in [3.63, 3.8) is 0 Å². The van der Waals surface area contributed by atoms with E-state index in [0.717, 1.165) is 0 Å². The Hall–Kier alpha value is -4.45. The number of hydrogen-bond donors (Lipinski definition) is 3. The van der Waals surface area contributed by atoms with Gasteiger partial charge in [-0.15, -0.1) is 0 Å². The van der Waals surface area contributed by atoms with Gasteiger partial charge in [-0.2, -0.15) is 0 Å². The van der Waals surface area contributed by atoms with Crippen molar-refractivity contribution in [2.45, 2.75) is 23.3 Å². The number of sulfone groups is 1. The van der Waals surface area contributed by atoms with Crippen LogP contribution in [0.5, 0.6) is 5.75 Å². The smallest absolute Gasteiger partial charge is 0.323 e. The molecule has 0 spiro atoms. The lowest BCUT2D eigenvalue weighted by atomic mass is 10.2. The van der Waals surface area contributed by atoms with Gasteiger partial charge in [0, 0.05) is 12.6 Å². The van der Waals surface area contributed by atoms with Gasteiger partial charge in [-0.25, -0.2) is 18.2 Å². The molecule has 4 aromatic rings. The third kappa shape index (κ3) is 6.83. The number of ether oxygens (including phenoxy) is 1. The number of rotatable bonds is 8. The SMILES string of the molecule is CCC(=O)Oc1c(NC(=O)Nc2cccnc2S(=O)(=O)c2ccccc2)cccc1NC(=O)c1c(Cl)cccc1Cl. The minimum absolute atomic E-state index is 0.000644. The summed E-state index contributed by atoms with van der Waals surface area (Å²) in [4.78, 5) is 42.3. The average Bonchev–Trinajstić information content (AvgIpc) is 2.95. The Bertz CT molecular complexity index is 1710. The summed E-state index contributed by atoms with van der Waals surface area (Å²) in [6, 6.07) is 18.6. The summed E-state index contributed by atoms with van der Waals surface area (Å²) in [5.41, 5.74) is -0.0368. The maximum absolute atomic E-state index is 13.2. The molecule has 3 aromatic carbocycles. The highest BCUT2D eigenvalue weighted by Crippen LogP contribution is 2.35. The van der Waals surface area contributed by atoms with Gasteiger partial charge in [0.1, 0.15) is 0 Å². The van der Waals surface area contributed by atoms with Gasteiger partial charge in [-0.05, 0) is 48.5 Å². The molecule has 0 radical (unpaired) electrons. The molecule has 41 heavy (non-hydrogen) atoms. The largest absolute Gasteiger partial charge is 0.422 e. The number of halogens is 2. The Labute approximate surface area is 245 Å². The summed E-state index contributed by atoms with van der Waals surface area (Å²) in [5.74, 6) is -1.48. The molecule has 0 atom stereocenters. The van der Waals surface area contributed by atoms with Gasteiger partial charge in [0.15, 0.2) is 10.8 Å². The molecule has 1 heterocycles. The molecule has 3 amide bonds. The summed E-state index contributed by atoms with van der Waals surface area (Å²) >= 11 is 12.3. The fraction of sp³-hybridized carbons (Fsp3) is 0.0714. The summed E-state index contributed by atoms with van der Waals surface area (Å²) in [7, 11) is -4.06. The number of carbonyl (C=O) groups is 3.